The van der Waals surface area contributed by atoms with Crippen LogP contribution in [0.5, 0.6) is 5.75 Å². The van der Waals surface area contributed by atoms with Crippen molar-refractivity contribution < 1.29 is 14.3 Å². The minimum atomic E-state index is -0.105. The lowest BCUT2D eigenvalue weighted by Crippen LogP contribution is -2.25. The van der Waals surface area contributed by atoms with Gasteiger partial charge in [-0.25, -0.2) is 9.50 Å². The highest BCUT2D eigenvalue weighted by Crippen LogP contribution is 2.29. The molecule has 5 rings (SSSR count). The predicted octanol–water partition coefficient (Wildman–Crippen LogP) is 4.22. The van der Waals surface area contributed by atoms with Gasteiger partial charge in [0.05, 0.1) is 7.11 Å². The second-order valence-corrected chi connectivity index (χ2v) is 8.53. The zero-order chi connectivity index (χ0) is 23.8. The number of ether oxygens (including phenoxy) is 1. The lowest BCUT2D eigenvalue weighted by molar-refractivity contribution is 0.0950. The highest BCUT2D eigenvalue weighted by atomic mass is 16.5. The molecule has 2 N–H and O–H groups in total. The summed E-state index contributed by atoms with van der Waals surface area (Å²) in [5.74, 6) is 1.07. The molecule has 0 saturated heterocycles. The summed E-state index contributed by atoms with van der Waals surface area (Å²) in [6.45, 7) is 3.85. The molecule has 1 fully saturated rings. The Morgan fingerprint density at radius 1 is 1.06 bits per heavy atom. The van der Waals surface area contributed by atoms with Crippen LogP contribution in [0.1, 0.15) is 50.2 Å². The van der Waals surface area contributed by atoms with Crippen LogP contribution >= 0.6 is 0 Å². The van der Waals surface area contributed by atoms with Crippen LogP contribution in [0.25, 0.3) is 5.52 Å². The fraction of sp³-hybridized carbons (Fsp3) is 0.231. The normalized spacial score (nSPS) is 13.0. The first-order chi connectivity index (χ1) is 16.4. The van der Waals surface area contributed by atoms with Gasteiger partial charge in [0, 0.05) is 34.6 Å². The van der Waals surface area contributed by atoms with E-state index in [9.17, 15) is 9.59 Å². The molecule has 8 heteroatoms. The number of benzene rings is 2. The number of carbonyl (C=O) groups excluding carboxylic acids is 2. The molecule has 0 spiro atoms. The van der Waals surface area contributed by atoms with Gasteiger partial charge in [0.15, 0.2) is 11.6 Å². The average Bonchev–Trinajstić information content (AvgIpc) is 3.60. The number of hydrogen-bond acceptors (Lipinski definition) is 6. The number of fused-ring (bicyclic) bond motifs is 1. The van der Waals surface area contributed by atoms with Crippen molar-refractivity contribution in [3.8, 4) is 5.75 Å². The average molecular weight is 456 g/mol. The van der Waals surface area contributed by atoms with Crippen molar-refractivity contribution in [1.82, 2.24) is 19.9 Å². The summed E-state index contributed by atoms with van der Waals surface area (Å²) < 4.78 is 6.84. The fourth-order valence-electron chi connectivity index (χ4n) is 3.90. The summed E-state index contributed by atoms with van der Waals surface area (Å²) in [6, 6.07) is 12.9. The Kier molecular flexibility index (Phi) is 5.49. The van der Waals surface area contributed by atoms with E-state index in [4.69, 9.17) is 4.74 Å². The van der Waals surface area contributed by atoms with Crippen LogP contribution in [0.4, 0.5) is 11.5 Å². The number of nitrogens with zero attached hydrogens (tertiary/aromatic N) is 3. The number of carbonyl (C=O) groups is 2. The van der Waals surface area contributed by atoms with E-state index < -0.39 is 0 Å². The number of ketones is 1. The number of aryl methyl sites for hydroxylation is 2. The molecule has 4 aromatic rings. The van der Waals surface area contributed by atoms with Gasteiger partial charge in [0.1, 0.15) is 17.6 Å². The third-order valence-electron chi connectivity index (χ3n) is 6.09. The first kappa shape index (κ1) is 21.6. The second kappa shape index (κ2) is 8.62. The summed E-state index contributed by atoms with van der Waals surface area (Å²) in [6.07, 6.45) is 5.23. The number of methoxy groups -OCH3 is 1. The molecule has 0 radical (unpaired) electrons. The molecule has 1 saturated carbocycles. The van der Waals surface area contributed by atoms with Crippen molar-refractivity contribution in [2.75, 3.05) is 12.4 Å². The maximum absolute atomic E-state index is 13.2. The van der Waals surface area contributed by atoms with Crippen molar-refractivity contribution in [3.05, 3.63) is 82.8 Å². The highest BCUT2D eigenvalue weighted by Gasteiger charge is 2.24. The Morgan fingerprint density at radius 3 is 2.50 bits per heavy atom. The molecule has 8 nitrogen and oxygen atoms in total. The van der Waals surface area contributed by atoms with E-state index in [1.807, 2.05) is 32.0 Å². The Bertz CT molecular complexity index is 1400. The van der Waals surface area contributed by atoms with Crippen LogP contribution in [-0.4, -0.2) is 39.4 Å². The van der Waals surface area contributed by atoms with Gasteiger partial charge in [-0.05, 0) is 74.2 Å². The van der Waals surface area contributed by atoms with Gasteiger partial charge in [-0.1, -0.05) is 6.07 Å². The Hall–Kier alpha value is -4.20. The van der Waals surface area contributed by atoms with Gasteiger partial charge in [0.2, 0.25) is 0 Å². The van der Waals surface area contributed by atoms with Gasteiger partial charge in [-0.15, -0.1) is 0 Å². The third-order valence-corrected chi connectivity index (χ3v) is 6.09. The standard InChI is InChI=1S/C26H25N5O3/c1-15-4-5-18(26(33)29-19-8-9-19)12-22(15)30-25-23-16(2)21(13-31(23)28-14-27-25)24(32)17-6-10-20(34-3)11-7-17/h4-7,10-14,19H,8-9H2,1-3H3,(H,29,33)(H,27,28,30). The van der Waals surface area contributed by atoms with Crippen molar-refractivity contribution in [2.45, 2.75) is 32.7 Å². The topological polar surface area (TPSA) is 97.6 Å². The first-order valence-corrected chi connectivity index (χ1v) is 11.1. The Labute approximate surface area is 197 Å². The molecule has 0 bridgehead atoms. The quantitative estimate of drug-likeness (QED) is 0.405. The number of nitrogens with one attached hydrogen (secondary N) is 2. The summed E-state index contributed by atoms with van der Waals surface area (Å²) >= 11 is 0. The van der Waals surface area contributed by atoms with E-state index >= 15 is 0 Å². The van der Waals surface area contributed by atoms with E-state index in [2.05, 4.69) is 20.7 Å². The number of rotatable bonds is 7. The molecule has 0 atom stereocenters. The molecule has 1 amide bonds. The number of anilines is 2. The molecule has 34 heavy (non-hydrogen) atoms. The molecule has 0 unspecified atom stereocenters. The number of hydrogen-bond donors (Lipinski definition) is 2. The van der Waals surface area contributed by atoms with Gasteiger partial charge in [-0.2, -0.15) is 5.10 Å². The summed E-state index contributed by atoms with van der Waals surface area (Å²) in [5.41, 5.74) is 4.91. The van der Waals surface area contributed by atoms with Crippen molar-refractivity contribution in [1.29, 1.82) is 0 Å². The predicted molar refractivity (Wildman–Crippen MR) is 129 cm³/mol. The van der Waals surface area contributed by atoms with Gasteiger partial charge in [-0.3, -0.25) is 9.59 Å². The Morgan fingerprint density at radius 2 is 1.79 bits per heavy atom. The van der Waals surface area contributed by atoms with Crippen LogP contribution in [0.3, 0.4) is 0 Å². The maximum Gasteiger partial charge on any atom is 0.251 e. The molecule has 1 aliphatic carbocycles. The maximum atomic E-state index is 13.2. The van der Waals surface area contributed by atoms with Gasteiger partial charge >= 0.3 is 0 Å². The molecule has 2 aromatic heterocycles. The SMILES string of the molecule is COc1ccc(C(=O)c2cn3ncnc(Nc4cc(C(=O)NC5CC5)ccc4C)c3c2C)cc1. The minimum absolute atomic E-state index is 0.0791. The zero-order valence-corrected chi connectivity index (χ0v) is 19.3. The smallest absolute Gasteiger partial charge is 0.251 e. The molecule has 172 valence electrons. The van der Waals surface area contributed by atoms with E-state index in [-0.39, 0.29) is 17.7 Å². The minimum Gasteiger partial charge on any atom is -0.497 e. The number of aromatic nitrogens is 3. The van der Waals surface area contributed by atoms with Gasteiger partial charge < -0.3 is 15.4 Å². The first-order valence-electron chi connectivity index (χ1n) is 11.1. The van der Waals surface area contributed by atoms with E-state index in [0.29, 0.717) is 33.8 Å². The van der Waals surface area contributed by atoms with Crippen LogP contribution in [0.2, 0.25) is 0 Å². The van der Waals surface area contributed by atoms with Crippen molar-refractivity contribution in [3.63, 3.8) is 0 Å². The summed E-state index contributed by atoms with van der Waals surface area (Å²) in [4.78, 5) is 30.2. The largest absolute Gasteiger partial charge is 0.497 e. The fourth-order valence-corrected chi connectivity index (χ4v) is 3.90. The lowest BCUT2D eigenvalue weighted by Gasteiger charge is -2.12. The monoisotopic (exact) mass is 455 g/mol. The van der Waals surface area contributed by atoms with Crippen LogP contribution < -0.4 is 15.4 Å². The molecular formula is C26H25N5O3. The molecule has 0 aliphatic heterocycles. The summed E-state index contributed by atoms with van der Waals surface area (Å²) in [7, 11) is 1.59. The van der Waals surface area contributed by atoms with Gasteiger partial charge in [0.25, 0.3) is 5.91 Å². The summed E-state index contributed by atoms with van der Waals surface area (Å²) in [5, 5.41) is 10.7. The van der Waals surface area contributed by atoms with E-state index in [1.54, 1.807) is 42.1 Å². The third kappa shape index (κ3) is 4.10. The van der Waals surface area contributed by atoms with E-state index in [1.165, 1.54) is 6.33 Å². The van der Waals surface area contributed by atoms with Crippen LogP contribution in [-0.2, 0) is 0 Å². The van der Waals surface area contributed by atoms with Crippen LogP contribution in [0, 0.1) is 13.8 Å². The molecule has 2 heterocycles. The number of amides is 1. The molecule has 1 aliphatic rings. The zero-order valence-electron chi connectivity index (χ0n) is 19.3. The molecular weight excluding hydrogens is 430 g/mol. The second-order valence-electron chi connectivity index (χ2n) is 8.53. The van der Waals surface area contributed by atoms with Crippen molar-refractivity contribution in [2.24, 2.45) is 0 Å². The van der Waals surface area contributed by atoms with E-state index in [0.717, 1.165) is 29.7 Å². The lowest BCUT2D eigenvalue weighted by atomic mass is 10.0. The molecule has 2 aromatic carbocycles. The highest BCUT2D eigenvalue weighted by molar-refractivity contribution is 6.11. The van der Waals surface area contributed by atoms with Crippen LogP contribution in [0.15, 0.2) is 55.0 Å². The Balaban J connectivity index is 1.48. The van der Waals surface area contributed by atoms with Crippen molar-refractivity contribution >= 4 is 28.7 Å².